The molecule has 0 heteroatoms. The Kier molecular flexibility index (Phi) is 18.6. The van der Waals surface area contributed by atoms with E-state index < -0.39 is 0 Å². The fraction of sp³-hybridized carbons (Fsp3) is 0.234. The highest BCUT2D eigenvalue weighted by molar-refractivity contribution is 6.05. The first-order valence-corrected chi connectivity index (χ1v) is 40.2. The van der Waals surface area contributed by atoms with E-state index in [2.05, 4.69) is 400 Å². The maximum atomic E-state index is 4.17. The predicted molar refractivity (Wildman–Crippen MR) is 475 cm³/mol. The van der Waals surface area contributed by atoms with Gasteiger partial charge in [0.05, 0.1) is 74.5 Å². The third-order valence-corrected chi connectivity index (χ3v) is 24.7. The van der Waals surface area contributed by atoms with Gasteiger partial charge in [-0.3, -0.25) is 0 Å². The summed E-state index contributed by atoms with van der Waals surface area (Å²) in [5, 5.41) is 7.64. The Hall–Kier alpha value is -11.2. The van der Waals surface area contributed by atoms with E-state index in [1.807, 2.05) is 0 Å². The molecule has 0 heterocycles. The molecule has 0 aromatic heterocycles. The summed E-state index contributed by atoms with van der Waals surface area (Å²) in [4.78, 5) is 0. The Morgan fingerprint density at radius 1 is 0.315 bits per heavy atom. The maximum Gasteiger partial charge on any atom is 0.0976 e. The summed E-state index contributed by atoms with van der Waals surface area (Å²) in [5.41, 5.74) is 51.4. The van der Waals surface area contributed by atoms with Crippen LogP contribution in [-0.2, 0) is 10.8 Å². The van der Waals surface area contributed by atoms with Crippen LogP contribution in [0.5, 0.6) is 0 Å². The second-order valence-electron chi connectivity index (χ2n) is 35.8. The number of aryl methyl sites for hydroxylation is 6. The van der Waals surface area contributed by atoms with Crippen LogP contribution in [0.1, 0.15) is 233 Å². The number of allylic oxidation sites excluding steroid dienone is 14. The van der Waals surface area contributed by atoms with Crippen molar-refractivity contribution in [2.24, 2.45) is 5.41 Å². The van der Waals surface area contributed by atoms with Crippen LogP contribution in [0.2, 0.25) is 0 Å². The van der Waals surface area contributed by atoms with E-state index >= 15 is 0 Å². The number of hydrogen-bond acceptors (Lipinski definition) is 0. The van der Waals surface area contributed by atoms with Crippen molar-refractivity contribution in [3.63, 3.8) is 0 Å². The lowest BCUT2D eigenvalue weighted by Crippen LogP contribution is -2.22. The van der Waals surface area contributed by atoms with Gasteiger partial charge in [0.1, 0.15) is 0 Å². The van der Waals surface area contributed by atoms with Gasteiger partial charge in [0.25, 0.3) is 0 Å². The molecule has 11 aromatic carbocycles. The standard InChI is InChI=1S/C111H105/c1-64-46-76(47-65(2)97(64)61-100-85-34-22-28-40-91(85)106(92-41-29-23-35-86(92)100)103-70(7)52-82(53-71(103)8)109(13,14)15)79-58-80(77-48-66(3)98(67(4)49-77)62-101-87-36-24-30-42-93(87)107(94-43-31-25-37-88(94)101)104-72(9)54-83(55-73(104)10)110(16,17)18)60-81(59-79)78-50-68(5)99(69(6)51-78)63-102-89-38-26-32-44-95(89)108(96-45-33-27-39-90(96)102)105-74(11)56-84(57-75(105)12)111(19,20)21/h22-61,107-108H,1-21H3/q+3. The van der Waals surface area contributed by atoms with E-state index in [4.69, 9.17) is 0 Å². The Labute approximate surface area is 662 Å². The van der Waals surface area contributed by atoms with Gasteiger partial charge in [-0.25, -0.2) is 0 Å². The maximum absolute atomic E-state index is 4.17. The van der Waals surface area contributed by atoms with Crippen molar-refractivity contribution in [3.05, 3.63) is 438 Å². The third-order valence-electron chi connectivity index (χ3n) is 24.7. The van der Waals surface area contributed by atoms with E-state index in [1.165, 1.54) is 217 Å². The zero-order valence-corrected chi connectivity index (χ0v) is 69.2. The third kappa shape index (κ3) is 13.2. The molecule has 11 aromatic rings. The highest BCUT2D eigenvalue weighted by atomic mass is 14.4. The van der Waals surface area contributed by atoms with Crippen LogP contribution in [-0.4, -0.2) is 0 Å². The molecule has 0 saturated heterocycles. The topological polar surface area (TPSA) is 0 Å². The number of benzene rings is 11. The molecule has 0 N–H and O–H groups in total. The molecule has 0 spiro atoms. The van der Waals surface area contributed by atoms with Crippen LogP contribution in [0.15, 0.2) is 293 Å². The number of hydrogen-bond donors (Lipinski definition) is 0. The van der Waals surface area contributed by atoms with Gasteiger partial charge in [-0.15, -0.1) is 0 Å². The Morgan fingerprint density at radius 3 is 0.964 bits per heavy atom. The average molecular weight is 1440 g/mol. The van der Waals surface area contributed by atoms with Crippen molar-refractivity contribution in [1.29, 1.82) is 0 Å². The SMILES string of the molecule is CC1=C[C+](c2cc(-c3cc(C)c(C=c4c5ccccc5c(=C5C(C)=C[C+](C(C)(C)C)C=C5C)c5ccccc45)c(C)c3)cc([C+]3C=C(C)C(=C=C4c5ccccc5C(c5c(C)cc(C(C)(C)C)cc5C)c5ccccc54)C(C)=C3)c2)C=C(C)C1=C=C1c2ccccc2C(c2c(C)cc(C(C)(C)C)cc2C)c2ccccc21. The van der Waals surface area contributed by atoms with E-state index in [0.29, 0.717) is 0 Å². The van der Waals surface area contributed by atoms with E-state index in [-0.39, 0.29) is 28.1 Å². The summed E-state index contributed by atoms with van der Waals surface area (Å²) in [5.74, 6) is 3.92. The first-order chi connectivity index (χ1) is 52.9. The van der Waals surface area contributed by atoms with Gasteiger partial charge in [-0.1, -0.05) is 223 Å². The molecule has 0 aliphatic heterocycles. The van der Waals surface area contributed by atoms with Crippen molar-refractivity contribution in [2.75, 3.05) is 0 Å². The fourth-order valence-corrected chi connectivity index (χ4v) is 19.1. The zero-order valence-electron chi connectivity index (χ0n) is 69.2. The molecule has 5 aliphatic rings. The van der Waals surface area contributed by atoms with Crippen molar-refractivity contribution in [2.45, 2.75) is 168 Å². The van der Waals surface area contributed by atoms with E-state index in [0.717, 1.165) is 22.3 Å². The lowest BCUT2D eigenvalue weighted by atomic mass is 9.70. The summed E-state index contributed by atoms with van der Waals surface area (Å²) in [6.45, 7) is 48.5. The molecule has 0 atom stereocenters. The molecule has 5 aliphatic carbocycles. The Balaban J connectivity index is 0.837. The largest absolute Gasteiger partial charge is 0.0976 e. The van der Waals surface area contributed by atoms with Crippen LogP contribution in [0.25, 0.3) is 55.5 Å². The first-order valence-electron chi connectivity index (χ1n) is 40.2. The molecule has 16 rings (SSSR count). The molecule has 0 fully saturated rings. The van der Waals surface area contributed by atoms with Gasteiger partial charge in [0.15, 0.2) is 0 Å². The lowest BCUT2D eigenvalue weighted by Gasteiger charge is -2.33. The smallest absolute Gasteiger partial charge is 0.0860 e. The highest BCUT2D eigenvalue weighted by Gasteiger charge is 2.38. The summed E-state index contributed by atoms with van der Waals surface area (Å²) in [7, 11) is 0. The molecule has 0 amide bonds. The molecular formula is C111H105+3. The van der Waals surface area contributed by atoms with Gasteiger partial charge >= 0.3 is 0 Å². The summed E-state index contributed by atoms with van der Waals surface area (Å²) < 4.78 is 0. The molecule has 0 nitrogen and oxygen atoms in total. The Morgan fingerprint density at radius 2 is 0.631 bits per heavy atom. The first kappa shape index (κ1) is 73.9. The van der Waals surface area contributed by atoms with Crippen molar-refractivity contribution < 1.29 is 0 Å². The predicted octanol–water partition coefficient (Wildman–Crippen LogP) is 27.6. The minimum atomic E-state index is 0.0464. The van der Waals surface area contributed by atoms with Gasteiger partial charge in [-0.05, 0) is 257 Å². The Bertz CT molecular complexity index is 5740. The van der Waals surface area contributed by atoms with Crippen LogP contribution in [0.4, 0.5) is 0 Å². The second-order valence-corrected chi connectivity index (χ2v) is 35.8. The van der Waals surface area contributed by atoms with Gasteiger partial charge in [0, 0.05) is 112 Å². The minimum absolute atomic E-state index is 0.0464. The molecular weight excluding hydrogens is 1330 g/mol. The number of fused-ring (bicyclic) bond motifs is 6. The second kappa shape index (κ2) is 28.0. The van der Waals surface area contributed by atoms with Crippen LogP contribution in [0.3, 0.4) is 0 Å². The van der Waals surface area contributed by atoms with Crippen LogP contribution < -0.4 is 10.4 Å². The lowest BCUT2D eigenvalue weighted by molar-refractivity contribution is 0.472. The van der Waals surface area contributed by atoms with Gasteiger partial charge < -0.3 is 0 Å². The van der Waals surface area contributed by atoms with E-state index in [9.17, 15) is 0 Å². The highest BCUT2D eigenvalue weighted by Crippen LogP contribution is 2.52. The molecule has 0 unspecified atom stereocenters. The fourth-order valence-electron chi connectivity index (χ4n) is 19.1. The average Bonchev–Trinajstić information content (AvgIpc) is 0.740. The van der Waals surface area contributed by atoms with Crippen molar-refractivity contribution >= 4 is 44.3 Å². The monoisotopic (exact) mass is 1440 g/mol. The molecule has 0 radical (unpaired) electrons. The summed E-state index contributed by atoms with van der Waals surface area (Å²) >= 11 is 0. The van der Waals surface area contributed by atoms with Crippen molar-refractivity contribution in [3.8, 4) is 11.1 Å². The quantitative estimate of drug-likeness (QED) is 0.0884. The summed E-state index contributed by atoms with van der Waals surface area (Å²) in [6.07, 6.45) is 17.0. The van der Waals surface area contributed by atoms with Gasteiger partial charge in [-0.2, -0.15) is 0 Å². The molecule has 0 bridgehead atoms. The van der Waals surface area contributed by atoms with Crippen LogP contribution in [0, 0.1) is 64.7 Å². The molecule has 546 valence electrons. The van der Waals surface area contributed by atoms with Crippen LogP contribution >= 0.6 is 0 Å². The summed E-state index contributed by atoms with van der Waals surface area (Å²) in [6, 6.07) is 76.6. The number of rotatable bonds is 6. The molecule has 111 heavy (non-hydrogen) atoms. The van der Waals surface area contributed by atoms with Gasteiger partial charge in [0.2, 0.25) is 0 Å². The molecule has 0 saturated carbocycles. The van der Waals surface area contributed by atoms with E-state index in [1.54, 1.807) is 0 Å². The zero-order chi connectivity index (χ0) is 78.2. The normalized spacial score (nSPS) is 16.4. The van der Waals surface area contributed by atoms with Crippen molar-refractivity contribution in [1.82, 2.24) is 0 Å². The minimum Gasteiger partial charge on any atom is -0.0860 e.